The smallest absolute Gasteiger partial charge is 0.723 e. The van der Waals surface area contributed by atoms with Gasteiger partial charge in [-0.25, -0.2) is 0 Å². The zero-order chi connectivity index (χ0) is 22.6. The quantitative estimate of drug-likeness (QED) is 0.0911. The summed E-state index contributed by atoms with van der Waals surface area (Å²) in [4.78, 5) is 14.2. The Kier molecular flexibility index (Phi) is 21.7. The van der Waals surface area contributed by atoms with Crippen LogP contribution in [-0.2, 0) is 11.5 Å². The maximum Gasteiger partial charge on any atom is 1.00 e. The first-order valence-corrected chi connectivity index (χ1v) is 12.3. The molecule has 0 fully saturated rings. The molecule has 0 N–H and O–H groups in total. The fourth-order valence-electron chi connectivity index (χ4n) is 3.83. The van der Waals surface area contributed by atoms with Gasteiger partial charge in [-0.15, -0.1) is 0 Å². The summed E-state index contributed by atoms with van der Waals surface area (Å²) < 4.78 is 5.70. The third-order valence-corrected chi connectivity index (χ3v) is 5.72. The first-order chi connectivity index (χ1) is 15.2. The summed E-state index contributed by atoms with van der Waals surface area (Å²) in [5, 5.41) is 21.3. The number of ether oxygens (including phenoxy) is 1. The van der Waals surface area contributed by atoms with Crippen LogP contribution >= 0.6 is 0 Å². The molecule has 0 atom stereocenters. The Labute approximate surface area is 216 Å². The standard InChI is InChI=1S/C25H43NO5.Na/c1-2-3-4-5-6-7-8-9-10-11-12-13-14-15-16-17-20-30-25-19-18-24(26(27)28)21-23(25)22-31-29;/h18-19,21,29H,2-17,20,22H2,1H3;/q;+1/p-1. The first-order valence-electron chi connectivity index (χ1n) is 12.3. The van der Waals surface area contributed by atoms with Crippen LogP contribution in [0.15, 0.2) is 18.2 Å². The Morgan fingerprint density at radius 1 is 0.781 bits per heavy atom. The Morgan fingerprint density at radius 2 is 1.25 bits per heavy atom. The van der Waals surface area contributed by atoms with Crippen LogP contribution in [0, 0.1) is 10.1 Å². The van der Waals surface area contributed by atoms with Crippen molar-refractivity contribution in [2.75, 3.05) is 6.61 Å². The first kappa shape index (κ1) is 31.3. The second kappa shape index (κ2) is 22.1. The molecule has 0 unspecified atom stereocenters. The predicted molar refractivity (Wildman–Crippen MR) is 123 cm³/mol. The fourth-order valence-corrected chi connectivity index (χ4v) is 3.83. The van der Waals surface area contributed by atoms with Crippen LogP contribution < -0.4 is 39.6 Å². The van der Waals surface area contributed by atoms with Crippen molar-refractivity contribution in [1.29, 1.82) is 0 Å². The zero-order valence-electron chi connectivity index (χ0n) is 20.4. The topological polar surface area (TPSA) is 84.7 Å². The third kappa shape index (κ3) is 16.0. The van der Waals surface area contributed by atoms with E-state index in [2.05, 4.69) is 11.8 Å². The van der Waals surface area contributed by atoms with Gasteiger partial charge in [0.15, 0.2) is 0 Å². The van der Waals surface area contributed by atoms with E-state index in [0.29, 0.717) is 17.9 Å². The molecule has 178 valence electrons. The second-order valence-corrected chi connectivity index (χ2v) is 8.46. The van der Waals surface area contributed by atoms with Gasteiger partial charge in [0.1, 0.15) is 5.75 Å². The molecule has 0 aliphatic carbocycles. The molecular weight excluding hydrogens is 417 g/mol. The number of hydrogen-bond donors (Lipinski definition) is 0. The molecule has 0 bridgehead atoms. The molecule has 0 heterocycles. The number of non-ortho nitro benzene ring substituents is 1. The molecule has 1 rings (SSSR count). The largest absolute Gasteiger partial charge is 1.00 e. The van der Waals surface area contributed by atoms with E-state index in [1.807, 2.05) is 0 Å². The molecule has 6 nitrogen and oxygen atoms in total. The summed E-state index contributed by atoms with van der Waals surface area (Å²) in [5.41, 5.74) is 0.350. The van der Waals surface area contributed by atoms with Gasteiger partial charge < -0.3 is 14.9 Å². The summed E-state index contributed by atoms with van der Waals surface area (Å²) in [7, 11) is 0. The van der Waals surface area contributed by atoms with Crippen molar-refractivity contribution < 1.29 is 49.4 Å². The Morgan fingerprint density at radius 3 is 1.69 bits per heavy atom. The van der Waals surface area contributed by atoms with E-state index in [1.165, 1.54) is 102 Å². The van der Waals surface area contributed by atoms with Crippen LogP contribution in [0.25, 0.3) is 0 Å². The van der Waals surface area contributed by atoms with Crippen molar-refractivity contribution in [3.8, 4) is 5.75 Å². The van der Waals surface area contributed by atoms with Gasteiger partial charge in [0.05, 0.1) is 18.1 Å². The molecule has 0 amide bonds. The normalized spacial score (nSPS) is 10.7. The van der Waals surface area contributed by atoms with E-state index in [0.717, 1.165) is 12.8 Å². The molecule has 7 heteroatoms. The SMILES string of the molecule is CCCCCCCCCCCCCCCCCCOc1ccc([N+](=O)[O-])cc1CO[O-].[Na+]. The van der Waals surface area contributed by atoms with Gasteiger partial charge in [0.2, 0.25) is 0 Å². The van der Waals surface area contributed by atoms with Crippen LogP contribution in [0.2, 0.25) is 0 Å². The zero-order valence-corrected chi connectivity index (χ0v) is 22.4. The minimum atomic E-state index is -0.492. The molecule has 1 aromatic carbocycles. The number of benzene rings is 1. The van der Waals surface area contributed by atoms with Crippen molar-refractivity contribution in [3.05, 3.63) is 33.9 Å². The summed E-state index contributed by atoms with van der Waals surface area (Å²) in [6.07, 6.45) is 21.1. The molecule has 32 heavy (non-hydrogen) atoms. The van der Waals surface area contributed by atoms with Gasteiger partial charge in [-0.3, -0.25) is 10.1 Å². The van der Waals surface area contributed by atoms with Crippen molar-refractivity contribution in [1.82, 2.24) is 0 Å². The summed E-state index contributed by atoms with van der Waals surface area (Å²) in [6.45, 7) is 2.57. The Hall–Kier alpha value is -0.660. The van der Waals surface area contributed by atoms with Gasteiger partial charge in [0.25, 0.3) is 5.69 Å². The molecule has 0 saturated carbocycles. The maximum absolute atomic E-state index is 10.8. The van der Waals surface area contributed by atoms with Crippen LogP contribution in [0.1, 0.15) is 115 Å². The van der Waals surface area contributed by atoms with E-state index >= 15 is 0 Å². The molecule has 0 aliphatic rings. The summed E-state index contributed by atoms with van der Waals surface area (Å²) >= 11 is 0. The van der Waals surface area contributed by atoms with Gasteiger partial charge in [-0.2, -0.15) is 0 Å². The number of unbranched alkanes of at least 4 members (excludes halogenated alkanes) is 15. The molecular formula is C25H42NNaO5. The van der Waals surface area contributed by atoms with Gasteiger partial charge in [0, 0.05) is 17.7 Å². The predicted octanol–water partition coefficient (Wildman–Crippen LogP) is 4.03. The van der Waals surface area contributed by atoms with Crippen LogP contribution in [0.3, 0.4) is 0 Å². The van der Waals surface area contributed by atoms with Crippen LogP contribution in [-0.4, -0.2) is 11.5 Å². The maximum atomic E-state index is 10.8. The van der Waals surface area contributed by atoms with E-state index in [4.69, 9.17) is 4.74 Å². The summed E-state index contributed by atoms with van der Waals surface area (Å²) in [6, 6.07) is 4.26. The van der Waals surface area contributed by atoms with Crippen molar-refractivity contribution in [2.24, 2.45) is 0 Å². The van der Waals surface area contributed by atoms with Gasteiger partial charge in [-0.05, 0) is 12.5 Å². The van der Waals surface area contributed by atoms with E-state index in [9.17, 15) is 15.4 Å². The minimum Gasteiger partial charge on any atom is -0.723 e. The number of rotatable bonds is 21. The minimum absolute atomic E-state index is 0. The Bertz CT molecular complexity index is 585. The molecule has 0 aliphatic heterocycles. The molecule has 0 saturated heterocycles. The molecule has 0 spiro atoms. The number of nitrogens with zero attached hydrogens (tertiary/aromatic N) is 1. The van der Waals surface area contributed by atoms with E-state index in [1.54, 1.807) is 6.07 Å². The van der Waals surface area contributed by atoms with E-state index < -0.39 is 4.92 Å². The monoisotopic (exact) mass is 459 g/mol. The number of hydrogen-bond acceptors (Lipinski definition) is 5. The molecule has 1 aromatic rings. The van der Waals surface area contributed by atoms with E-state index in [-0.39, 0.29) is 41.9 Å². The van der Waals surface area contributed by atoms with Crippen molar-refractivity contribution in [2.45, 2.75) is 116 Å². The van der Waals surface area contributed by atoms with Crippen molar-refractivity contribution in [3.63, 3.8) is 0 Å². The van der Waals surface area contributed by atoms with Gasteiger partial charge >= 0.3 is 29.6 Å². The Balaban J connectivity index is 0.00000961. The van der Waals surface area contributed by atoms with Gasteiger partial charge in [-0.1, -0.05) is 103 Å². The number of nitro groups is 1. The third-order valence-electron chi connectivity index (χ3n) is 5.72. The fraction of sp³-hybridized carbons (Fsp3) is 0.760. The summed E-state index contributed by atoms with van der Waals surface area (Å²) in [5.74, 6) is 0.488. The van der Waals surface area contributed by atoms with Crippen molar-refractivity contribution >= 4 is 5.69 Å². The van der Waals surface area contributed by atoms with Crippen LogP contribution in [0.4, 0.5) is 5.69 Å². The molecule has 0 aromatic heterocycles. The molecule has 0 radical (unpaired) electrons. The average Bonchev–Trinajstić information content (AvgIpc) is 2.76. The van der Waals surface area contributed by atoms with Crippen LogP contribution in [0.5, 0.6) is 5.75 Å². The second-order valence-electron chi connectivity index (χ2n) is 8.46. The average molecular weight is 460 g/mol. The number of nitro benzene ring substituents is 1.